The summed E-state index contributed by atoms with van der Waals surface area (Å²) in [6, 6.07) is 8.94. The van der Waals surface area contributed by atoms with Gasteiger partial charge in [-0.1, -0.05) is 31.0 Å². The average Bonchev–Trinajstić information content (AvgIpc) is 2.77. The van der Waals surface area contributed by atoms with Crippen LogP contribution in [0.4, 0.5) is 8.78 Å². The summed E-state index contributed by atoms with van der Waals surface area (Å²) < 4.78 is 28.0. The molecule has 0 saturated carbocycles. The van der Waals surface area contributed by atoms with Gasteiger partial charge in [0.25, 0.3) is 0 Å². The van der Waals surface area contributed by atoms with Crippen LogP contribution in [0.2, 0.25) is 0 Å². The van der Waals surface area contributed by atoms with E-state index in [1.807, 2.05) is 18.4 Å². The van der Waals surface area contributed by atoms with Crippen molar-refractivity contribution < 1.29 is 13.6 Å². The Morgan fingerprint density at radius 1 is 1.09 bits per heavy atom. The molecule has 0 fully saturated rings. The van der Waals surface area contributed by atoms with E-state index >= 15 is 0 Å². The lowest BCUT2D eigenvalue weighted by Crippen LogP contribution is -2.09. The van der Waals surface area contributed by atoms with Crippen molar-refractivity contribution in [3.8, 4) is 11.1 Å². The Labute approximate surface area is 195 Å². The van der Waals surface area contributed by atoms with Crippen LogP contribution in [0.15, 0.2) is 60.0 Å². The molecule has 2 heterocycles. The van der Waals surface area contributed by atoms with Gasteiger partial charge in [-0.25, -0.2) is 13.8 Å². The van der Waals surface area contributed by atoms with Crippen LogP contribution < -0.4 is 5.14 Å². The lowest BCUT2D eigenvalue weighted by molar-refractivity contribution is 0.103. The number of H-pyrrole nitrogens is 2. The van der Waals surface area contributed by atoms with Crippen molar-refractivity contribution in [3.63, 3.8) is 0 Å². The zero-order chi connectivity index (χ0) is 23.5. The number of nitrogens with zero attached hydrogens (tertiary/aromatic N) is 1. The number of carbonyl (C=O) groups excluding carboxylic acids is 1. The number of thioether (sulfide) groups is 1. The smallest absolute Gasteiger partial charge is 0.200 e. The summed E-state index contributed by atoms with van der Waals surface area (Å²) in [5, 5.41) is 11.6. The van der Waals surface area contributed by atoms with Crippen LogP contribution in [0.25, 0.3) is 11.1 Å². The third-order valence-corrected chi connectivity index (χ3v) is 5.66. The van der Waals surface area contributed by atoms with E-state index in [4.69, 9.17) is 5.14 Å². The molecule has 0 radical (unpaired) electrons. The number of halogens is 2. The number of rotatable bonds is 6. The fourth-order valence-electron chi connectivity index (χ4n) is 2.75. The quantitative estimate of drug-likeness (QED) is 0.228. The van der Waals surface area contributed by atoms with Gasteiger partial charge in [0.15, 0.2) is 0 Å². The predicted octanol–water partition coefficient (Wildman–Crippen LogP) is 6.07. The number of ketones is 1. The second-order valence-electron chi connectivity index (χ2n) is 6.66. The van der Waals surface area contributed by atoms with Gasteiger partial charge >= 0.3 is 0 Å². The molecule has 32 heavy (non-hydrogen) atoms. The SMILES string of the molecule is CCCSN.CSc1ccc(-c2c[nH][nH]cc(C(=O)c3c(F)cccc3F)c(C)c2)cn1. The number of aromatic amines is 2. The largest absolute Gasteiger partial charge is 0.308 e. The fraction of sp³-hybridized carbons (Fsp3) is 0.217. The van der Waals surface area contributed by atoms with Crippen LogP contribution in [0.3, 0.4) is 0 Å². The molecule has 2 aromatic heterocycles. The number of benzene rings is 1. The van der Waals surface area contributed by atoms with Crippen molar-refractivity contribution in [1.29, 1.82) is 0 Å². The topological polar surface area (TPSA) is 87.6 Å². The summed E-state index contributed by atoms with van der Waals surface area (Å²) in [5.41, 5.74) is 1.76. The van der Waals surface area contributed by atoms with Gasteiger partial charge in [0.2, 0.25) is 5.78 Å². The van der Waals surface area contributed by atoms with E-state index in [2.05, 4.69) is 22.1 Å². The van der Waals surface area contributed by atoms with Gasteiger partial charge in [0.05, 0.1) is 10.6 Å². The molecule has 0 spiro atoms. The first-order valence-electron chi connectivity index (χ1n) is 9.83. The minimum Gasteiger partial charge on any atom is -0.308 e. The summed E-state index contributed by atoms with van der Waals surface area (Å²) >= 11 is 2.94. The number of nitrogens with one attached hydrogen (secondary N) is 2. The van der Waals surface area contributed by atoms with Crippen LogP contribution in [-0.4, -0.2) is 33.0 Å². The molecule has 0 amide bonds. The standard InChI is InChI=1S/C20H17F2N3OS.C3H9NS/c1-12-8-14(13-6-7-18(27-2)23-9-13)10-24-25-11-15(12)20(26)19-16(21)4-3-5-17(19)22;1-2-3-5-4/h3-11,24-25H,1-2H3;2-4H2,1H3. The molecule has 4 N–H and O–H groups in total. The Morgan fingerprint density at radius 3 is 2.31 bits per heavy atom. The molecular weight excluding hydrogens is 450 g/mol. The number of aryl methyl sites for hydroxylation is 1. The molecule has 170 valence electrons. The third-order valence-electron chi connectivity index (χ3n) is 4.36. The maximum absolute atomic E-state index is 14.0. The predicted molar refractivity (Wildman–Crippen MR) is 129 cm³/mol. The first-order chi connectivity index (χ1) is 15.4. The summed E-state index contributed by atoms with van der Waals surface area (Å²) in [5.74, 6) is -1.43. The zero-order valence-electron chi connectivity index (χ0n) is 18.1. The highest BCUT2D eigenvalue weighted by Gasteiger charge is 2.20. The lowest BCUT2D eigenvalue weighted by Gasteiger charge is -2.08. The molecule has 3 aromatic rings. The Bertz CT molecular complexity index is 1060. The Hall–Kier alpha value is -2.62. The van der Waals surface area contributed by atoms with Crippen molar-refractivity contribution in [2.75, 3.05) is 12.0 Å². The van der Waals surface area contributed by atoms with E-state index in [9.17, 15) is 13.6 Å². The Kier molecular flexibility index (Phi) is 10.5. The van der Waals surface area contributed by atoms with E-state index in [1.54, 1.807) is 25.4 Å². The molecule has 0 saturated heterocycles. The van der Waals surface area contributed by atoms with E-state index in [0.29, 0.717) is 5.56 Å². The monoisotopic (exact) mass is 476 g/mol. The molecule has 0 aliphatic carbocycles. The highest BCUT2D eigenvalue weighted by atomic mass is 32.2. The van der Waals surface area contributed by atoms with Gasteiger partial charge in [0.1, 0.15) is 11.6 Å². The fourth-order valence-corrected chi connectivity index (χ4v) is 3.35. The van der Waals surface area contributed by atoms with Gasteiger partial charge in [-0.2, -0.15) is 0 Å². The van der Waals surface area contributed by atoms with Gasteiger partial charge in [-0.15, -0.1) is 11.8 Å². The molecule has 0 aliphatic heterocycles. The van der Waals surface area contributed by atoms with Crippen molar-refractivity contribution in [2.45, 2.75) is 25.3 Å². The number of aromatic nitrogens is 3. The van der Waals surface area contributed by atoms with Gasteiger partial charge < -0.3 is 10.2 Å². The first-order valence-corrected chi connectivity index (χ1v) is 12.1. The number of pyridine rings is 1. The normalized spacial score (nSPS) is 10.2. The third kappa shape index (κ3) is 6.94. The van der Waals surface area contributed by atoms with Crippen LogP contribution in [0, 0.1) is 18.6 Å². The Morgan fingerprint density at radius 2 is 1.78 bits per heavy atom. The van der Waals surface area contributed by atoms with Crippen LogP contribution in [0.5, 0.6) is 0 Å². The van der Waals surface area contributed by atoms with Gasteiger partial charge in [-0.3, -0.25) is 9.93 Å². The molecule has 1 aromatic carbocycles. The second-order valence-corrected chi connectivity index (χ2v) is 8.23. The van der Waals surface area contributed by atoms with Crippen LogP contribution >= 0.6 is 23.7 Å². The maximum atomic E-state index is 14.0. The number of hydrogen-bond donors (Lipinski definition) is 3. The van der Waals surface area contributed by atoms with Gasteiger partial charge in [0, 0.05) is 41.0 Å². The highest BCUT2D eigenvalue weighted by Crippen LogP contribution is 2.23. The van der Waals surface area contributed by atoms with E-state index < -0.39 is 23.0 Å². The number of hydrogen-bond acceptors (Lipinski definition) is 5. The highest BCUT2D eigenvalue weighted by molar-refractivity contribution is 7.98. The van der Waals surface area contributed by atoms with Crippen LogP contribution in [0.1, 0.15) is 34.8 Å². The van der Waals surface area contributed by atoms with Crippen LogP contribution in [-0.2, 0) is 0 Å². The zero-order valence-corrected chi connectivity index (χ0v) is 19.7. The minimum atomic E-state index is -0.892. The molecule has 3 rings (SSSR count). The second kappa shape index (κ2) is 13.0. The maximum Gasteiger partial charge on any atom is 0.200 e. The number of carbonyl (C=O) groups is 1. The summed E-state index contributed by atoms with van der Waals surface area (Å²) in [6.45, 7) is 3.83. The summed E-state index contributed by atoms with van der Waals surface area (Å²) in [4.78, 5) is 17.1. The summed E-state index contributed by atoms with van der Waals surface area (Å²) in [7, 11) is 0. The number of nitrogens with two attached hydrogens (primary N) is 1. The molecule has 0 aliphatic rings. The van der Waals surface area contributed by atoms with Gasteiger partial charge in [-0.05, 0) is 49.4 Å². The molecule has 5 nitrogen and oxygen atoms in total. The first kappa shape index (κ1) is 25.6. The van der Waals surface area contributed by atoms with E-state index in [0.717, 1.165) is 34.0 Å². The summed E-state index contributed by atoms with van der Waals surface area (Å²) in [6.07, 6.45) is 7.97. The molecule has 0 bridgehead atoms. The Balaban J connectivity index is 0.000000654. The molecule has 9 heteroatoms. The molecule has 0 atom stereocenters. The lowest BCUT2D eigenvalue weighted by atomic mass is 9.99. The minimum absolute atomic E-state index is 0.158. The average molecular weight is 477 g/mol. The van der Waals surface area contributed by atoms with Crippen molar-refractivity contribution in [2.24, 2.45) is 5.14 Å². The van der Waals surface area contributed by atoms with E-state index in [1.165, 1.54) is 42.4 Å². The van der Waals surface area contributed by atoms with Crippen molar-refractivity contribution in [3.05, 3.63) is 83.3 Å². The molecular formula is C23H26F2N4OS2. The van der Waals surface area contributed by atoms with Crippen molar-refractivity contribution >= 4 is 29.5 Å². The van der Waals surface area contributed by atoms with Crippen molar-refractivity contribution in [1.82, 2.24) is 15.2 Å². The van der Waals surface area contributed by atoms with E-state index in [-0.39, 0.29) is 5.56 Å². The molecule has 0 unspecified atom stereocenters.